The first kappa shape index (κ1) is 20.4. The highest BCUT2D eigenvalue weighted by Gasteiger charge is 2.13. The minimum atomic E-state index is -0.316. The van der Waals surface area contributed by atoms with Gasteiger partial charge in [-0.05, 0) is 54.8 Å². The normalized spacial score (nSPS) is 10.6. The maximum atomic E-state index is 13.1. The summed E-state index contributed by atoms with van der Waals surface area (Å²) in [4.78, 5) is 12.2. The van der Waals surface area contributed by atoms with E-state index in [0.717, 1.165) is 16.7 Å². The van der Waals surface area contributed by atoms with Gasteiger partial charge in [-0.25, -0.2) is 4.39 Å². The highest BCUT2D eigenvalue weighted by atomic mass is 19.1. The Morgan fingerprint density at radius 2 is 1.83 bits per heavy atom. The molecule has 0 aliphatic rings. The fourth-order valence-corrected chi connectivity index (χ4v) is 3.00. The number of carbonyl (C=O) groups is 1. The largest absolute Gasteiger partial charge is 0.493 e. The Balaban J connectivity index is 1.49. The van der Waals surface area contributed by atoms with Gasteiger partial charge in [-0.1, -0.05) is 11.2 Å². The van der Waals surface area contributed by atoms with Crippen molar-refractivity contribution in [3.8, 4) is 22.8 Å². The van der Waals surface area contributed by atoms with Crippen molar-refractivity contribution in [1.29, 1.82) is 0 Å². The summed E-state index contributed by atoms with van der Waals surface area (Å²) in [6.45, 7) is 0.517. The van der Waals surface area contributed by atoms with E-state index in [4.69, 9.17) is 14.0 Å². The van der Waals surface area contributed by atoms with Crippen LogP contribution >= 0.6 is 0 Å². The quantitative estimate of drug-likeness (QED) is 0.594. The number of aryl methyl sites for hydroxylation is 1. The second-order valence-corrected chi connectivity index (χ2v) is 6.48. The van der Waals surface area contributed by atoms with Crippen molar-refractivity contribution < 1.29 is 23.2 Å². The van der Waals surface area contributed by atoms with Crippen LogP contribution in [0.1, 0.15) is 17.5 Å². The molecule has 0 saturated heterocycles. The molecule has 0 bridgehead atoms. The van der Waals surface area contributed by atoms with Crippen LogP contribution < -0.4 is 14.8 Å². The summed E-state index contributed by atoms with van der Waals surface area (Å²) in [5.74, 6) is 1.52. The Kier molecular flexibility index (Phi) is 6.84. The molecule has 6 nitrogen and oxygen atoms in total. The number of nitrogens with zero attached hydrogens (tertiary/aromatic N) is 1. The van der Waals surface area contributed by atoms with Crippen molar-refractivity contribution >= 4 is 5.91 Å². The van der Waals surface area contributed by atoms with Crippen LogP contribution in [0.3, 0.4) is 0 Å². The lowest BCUT2D eigenvalue weighted by Gasteiger charge is -2.10. The van der Waals surface area contributed by atoms with E-state index in [0.29, 0.717) is 43.1 Å². The average molecular weight is 398 g/mol. The molecule has 0 atom stereocenters. The Hall–Kier alpha value is -3.35. The summed E-state index contributed by atoms with van der Waals surface area (Å²) < 4.78 is 28.9. The summed E-state index contributed by atoms with van der Waals surface area (Å²) in [6.07, 6.45) is 3.07. The van der Waals surface area contributed by atoms with Crippen molar-refractivity contribution in [3.05, 3.63) is 65.6 Å². The molecule has 0 aliphatic heterocycles. The zero-order chi connectivity index (χ0) is 20.6. The molecule has 2 aromatic carbocycles. The van der Waals surface area contributed by atoms with Crippen molar-refractivity contribution in [1.82, 2.24) is 10.5 Å². The fourth-order valence-electron chi connectivity index (χ4n) is 3.00. The summed E-state index contributed by atoms with van der Waals surface area (Å²) in [7, 11) is 3.18. The molecule has 152 valence electrons. The number of hydrogen-bond acceptors (Lipinski definition) is 5. The second-order valence-electron chi connectivity index (χ2n) is 6.48. The molecule has 1 aromatic heterocycles. The van der Waals surface area contributed by atoms with E-state index in [9.17, 15) is 9.18 Å². The molecule has 3 rings (SSSR count). The molecule has 0 saturated carbocycles. The van der Waals surface area contributed by atoms with E-state index in [-0.39, 0.29) is 11.7 Å². The molecular formula is C22H23FN2O4. The minimum Gasteiger partial charge on any atom is -0.493 e. The monoisotopic (exact) mass is 398 g/mol. The zero-order valence-corrected chi connectivity index (χ0v) is 16.4. The first-order chi connectivity index (χ1) is 14.1. The molecular weight excluding hydrogens is 375 g/mol. The van der Waals surface area contributed by atoms with Gasteiger partial charge in [-0.3, -0.25) is 4.79 Å². The minimum absolute atomic E-state index is 0.0586. The summed E-state index contributed by atoms with van der Waals surface area (Å²) in [5.41, 5.74) is 2.58. The van der Waals surface area contributed by atoms with Gasteiger partial charge in [0.2, 0.25) is 5.91 Å². The number of ether oxygens (including phenoxy) is 2. The first-order valence-corrected chi connectivity index (χ1v) is 9.28. The van der Waals surface area contributed by atoms with E-state index in [1.54, 1.807) is 32.5 Å². The lowest BCUT2D eigenvalue weighted by atomic mass is 10.1. The van der Waals surface area contributed by atoms with Gasteiger partial charge in [0.05, 0.1) is 20.4 Å². The lowest BCUT2D eigenvalue weighted by Crippen LogP contribution is -2.25. The van der Waals surface area contributed by atoms with Crippen LogP contribution in [-0.4, -0.2) is 31.8 Å². The Morgan fingerprint density at radius 1 is 1.07 bits per heavy atom. The Bertz CT molecular complexity index is 954. The van der Waals surface area contributed by atoms with Gasteiger partial charge >= 0.3 is 0 Å². The van der Waals surface area contributed by atoms with Crippen LogP contribution in [-0.2, 0) is 17.6 Å². The van der Waals surface area contributed by atoms with Crippen molar-refractivity contribution in [2.45, 2.75) is 19.3 Å². The number of methoxy groups -OCH3 is 2. The molecule has 1 amide bonds. The maximum absolute atomic E-state index is 13.1. The first-order valence-electron chi connectivity index (χ1n) is 9.28. The maximum Gasteiger partial charge on any atom is 0.220 e. The fraction of sp³-hybridized carbons (Fsp3) is 0.273. The van der Waals surface area contributed by atoms with Gasteiger partial charge in [-0.15, -0.1) is 0 Å². The molecule has 0 radical (unpaired) electrons. The predicted molar refractivity (Wildman–Crippen MR) is 106 cm³/mol. The molecule has 0 spiro atoms. The number of aromatic nitrogens is 1. The van der Waals surface area contributed by atoms with Crippen molar-refractivity contribution in [2.24, 2.45) is 0 Å². The van der Waals surface area contributed by atoms with E-state index in [1.165, 1.54) is 12.1 Å². The number of hydrogen-bond donors (Lipinski definition) is 1. The van der Waals surface area contributed by atoms with Gasteiger partial charge in [0, 0.05) is 24.1 Å². The van der Waals surface area contributed by atoms with Crippen LogP contribution in [0, 0.1) is 5.82 Å². The summed E-state index contributed by atoms with van der Waals surface area (Å²) in [6, 6.07) is 11.7. The average Bonchev–Trinajstić information content (AvgIpc) is 3.21. The Labute approximate surface area is 168 Å². The summed E-state index contributed by atoms with van der Waals surface area (Å²) >= 11 is 0. The highest BCUT2D eigenvalue weighted by molar-refractivity contribution is 5.76. The SMILES string of the molecule is COc1ccc(CCNC(=O)CCc2cnoc2-c2ccc(F)cc2)cc1OC. The second kappa shape index (κ2) is 9.73. The van der Waals surface area contributed by atoms with E-state index >= 15 is 0 Å². The smallest absolute Gasteiger partial charge is 0.220 e. The number of benzene rings is 2. The zero-order valence-electron chi connectivity index (χ0n) is 16.4. The Morgan fingerprint density at radius 3 is 2.55 bits per heavy atom. The number of carbonyl (C=O) groups excluding carboxylic acids is 1. The van der Waals surface area contributed by atoms with Crippen molar-refractivity contribution in [3.63, 3.8) is 0 Å². The molecule has 29 heavy (non-hydrogen) atoms. The molecule has 0 aliphatic carbocycles. The molecule has 7 heteroatoms. The van der Waals surface area contributed by atoms with E-state index < -0.39 is 0 Å². The third-order valence-electron chi connectivity index (χ3n) is 4.56. The van der Waals surface area contributed by atoms with Crippen LogP contribution in [0.4, 0.5) is 4.39 Å². The third kappa shape index (κ3) is 5.34. The molecule has 1 heterocycles. The molecule has 0 unspecified atom stereocenters. The van der Waals surface area contributed by atoms with Gasteiger partial charge in [0.15, 0.2) is 17.3 Å². The predicted octanol–water partition coefficient (Wildman–Crippen LogP) is 3.79. The number of amides is 1. The molecule has 3 aromatic rings. The van der Waals surface area contributed by atoms with Crippen molar-refractivity contribution in [2.75, 3.05) is 20.8 Å². The van der Waals surface area contributed by atoms with Gasteiger partial charge in [0.1, 0.15) is 5.82 Å². The lowest BCUT2D eigenvalue weighted by molar-refractivity contribution is -0.121. The standard InChI is InChI=1S/C22H23FN2O4/c1-27-19-9-3-15(13-20(19)28-2)11-12-24-21(26)10-6-17-14-25-29-22(17)16-4-7-18(23)8-5-16/h3-5,7-9,13-14H,6,10-12H2,1-2H3,(H,24,26). The number of halogens is 1. The topological polar surface area (TPSA) is 73.6 Å². The molecule has 1 N–H and O–H groups in total. The molecule has 0 fully saturated rings. The summed E-state index contributed by atoms with van der Waals surface area (Å²) in [5, 5.41) is 6.72. The van der Waals surface area contributed by atoms with Crippen LogP contribution in [0.25, 0.3) is 11.3 Å². The van der Waals surface area contributed by atoms with E-state index in [2.05, 4.69) is 10.5 Å². The van der Waals surface area contributed by atoms with Crippen LogP contribution in [0.5, 0.6) is 11.5 Å². The third-order valence-corrected chi connectivity index (χ3v) is 4.56. The van der Waals surface area contributed by atoms with Gasteiger partial charge < -0.3 is 19.3 Å². The van der Waals surface area contributed by atoms with Gasteiger partial charge in [-0.2, -0.15) is 0 Å². The number of rotatable bonds is 9. The van der Waals surface area contributed by atoms with Crippen LogP contribution in [0.2, 0.25) is 0 Å². The van der Waals surface area contributed by atoms with Crippen LogP contribution in [0.15, 0.2) is 53.2 Å². The van der Waals surface area contributed by atoms with E-state index in [1.807, 2.05) is 18.2 Å². The number of nitrogens with one attached hydrogen (secondary N) is 1. The highest BCUT2D eigenvalue weighted by Crippen LogP contribution is 2.27. The van der Waals surface area contributed by atoms with Gasteiger partial charge in [0.25, 0.3) is 0 Å².